The highest BCUT2D eigenvalue weighted by Crippen LogP contribution is 2.17. The van der Waals surface area contributed by atoms with E-state index in [0.29, 0.717) is 19.7 Å². The standard InChI is InChI=1S/C13H23N3O4/c1-3-20-13(19)11-5-4-8-16(11)9-12(18)15-7-6-14-10(2)17/h11H,3-9H2,1-2H3,(H,14,17)(H,15,18). The Morgan fingerprint density at radius 2 is 1.95 bits per heavy atom. The molecule has 1 heterocycles. The van der Waals surface area contributed by atoms with Crippen LogP contribution in [0.25, 0.3) is 0 Å². The summed E-state index contributed by atoms with van der Waals surface area (Å²) in [5, 5.41) is 5.31. The van der Waals surface area contributed by atoms with Crippen LogP contribution in [0.3, 0.4) is 0 Å². The first kappa shape index (κ1) is 16.4. The van der Waals surface area contributed by atoms with E-state index in [4.69, 9.17) is 4.74 Å². The summed E-state index contributed by atoms with van der Waals surface area (Å²) in [4.78, 5) is 36.0. The van der Waals surface area contributed by atoms with Crippen molar-refractivity contribution in [2.75, 3.05) is 32.8 Å². The fraction of sp³-hybridized carbons (Fsp3) is 0.769. The third kappa shape index (κ3) is 5.56. The molecule has 1 saturated heterocycles. The Morgan fingerprint density at radius 3 is 2.60 bits per heavy atom. The number of hydrogen-bond acceptors (Lipinski definition) is 5. The number of esters is 1. The van der Waals surface area contributed by atoms with Crippen LogP contribution in [0.15, 0.2) is 0 Å². The molecule has 0 radical (unpaired) electrons. The quantitative estimate of drug-likeness (QED) is 0.475. The van der Waals surface area contributed by atoms with Gasteiger partial charge in [-0.1, -0.05) is 0 Å². The molecule has 7 nitrogen and oxygen atoms in total. The van der Waals surface area contributed by atoms with Crippen molar-refractivity contribution in [3.63, 3.8) is 0 Å². The van der Waals surface area contributed by atoms with E-state index in [0.717, 1.165) is 19.4 Å². The van der Waals surface area contributed by atoms with E-state index in [1.54, 1.807) is 6.92 Å². The summed E-state index contributed by atoms with van der Waals surface area (Å²) in [6, 6.07) is -0.309. The van der Waals surface area contributed by atoms with Crippen LogP contribution in [-0.4, -0.2) is 61.5 Å². The SMILES string of the molecule is CCOC(=O)C1CCCN1CC(=O)NCCNC(C)=O. The van der Waals surface area contributed by atoms with Gasteiger partial charge in [0.25, 0.3) is 0 Å². The summed E-state index contributed by atoms with van der Waals surface area (Å²) < 4.78 is 5.00. The van der Waals surface area contributed by atoms with Gasteiger partial charge in [0.1, 0.15) is 6.04 Å². The zero-order valence-electron chi connectivity index (χ0n) is 12.1. The van der Waals surface area contributed by atoms with Gasteiger partial charge in [0.05, 0.1) is 13.2 Å². The number of carbonyl (C=O) groups is 3. The summed E-state index contributed by atoms with van der Waals surface area (Å²) in [6.45, 7) is 5.25. The minimum atomic E-state index is -0.309. The second kappa shape index (κ2) is 8.52. The summed E-state index contributed by atoms with van der Waals surface area (Å²) in [5.74, 6) is -0.524. The molecule has 1 unspecified atom stereocenters. The van der Waals surface area contributed by atoms with Crippen molar-refractivity contribution in [2.24, 2.45) is 0 Å². The largest absolute Gasteiger partial charge is 0.465 e. The van der Waals surface area contributed by atoms with Gasteiger partial charge in [-0.2, -0.15) is 0 Å². The molecule has 0 bridgehead atoms. The summed E-state index contributed by atoms with van der Waals surface area (Å²) in [6.07, 6.45) is 1.63. The van der Waals surface area contributed by atoms with Crippen LogP contribution < -0.4 is 10.6 Å². The van der Waals surface area contributed by atoms with Crippen LogP contribution in [0.4, 0.5) is 0 Å². The first-order chi connectivity index (χ1) is 9.54. The summed E-state index contributed by atoms with van der Waals surface area (Å²) in [7, 11) is 0. The van der Waals surface area contributed by atoms with Crippen LogP contribution in [0.5, 0.6) is 0 Å². The number of nitrogens with zero attached hydrogens (tertiary/aromatic N) is 1. The van der Waals surface area contributed by atoms with Crippen molar-refractivity contribution < 1.29 is 19.1 Å². The van der Waals surface area contributed by atoms with Gasteiger partial charge in [-0.25, -0.2) is 0 Å². The first-order valence-corrected chi connectivity index (χ1v) is 6.96. The molecule has 0 aromatic carbocycles. The minimum Gasteiger partial charge on any atom is -0.465 e. The summed E-state index contributed by atoms with van der Waals surface area (Å²) in [5.41, 5.74) is 0. The molecule has 114 valence electrons. The third-order valence-electron chi connectivity index (χ3n) is 3.09. The van der Waals surface area contributed by atoms with Gasteiger partial charge in [0.2, 0.25) is 11.8 Å². The Bertz CT molecular complexity index is 360. The second-order valence-corrected chi connectivity index (χ2v) is 4.71. The molecule has 0 aliphatic carbocycles. The van der Waals surface area contributed by atoms with Gasteiger partial charge < -0.3 is 15.4 Å². The molecular weight excluding hydrogens is 262 g/mol. The molecule has 0 spiro atoms. The van der Waals surface area contributed by atoms with E-state index < -0.39 is 0 Å². The molecule has 2 N–H and O–H groups in total. The van der Waals surface area contributed by atoms with E-state index in [1.807, 2.05) is 4.90 Å². The van der Waals surface area contributed by atoms with Crippen LogP contribution >= 0.6 is 0 Å². The molecule has 1 aliphatic heterocycles. The lowest BCUT2D eigenvalue weighted by molar-refractivity contribution is -0.148. The summed E-state index contributed by atoms with van der Waals surface area (Å²) >= 11 is 0. The maximum Gasteiger partial charge on any atom is 0.323 e. The highest BCUT2D eigenvalue weighted by molar-refractivity contribution is 5.81. The van der Waals surface area contributed by atoms with Crippen molar-refractivity contribution in [2.45, 2.75) is 32.7 Å². The van der Waals surface area contributed by atoms with Gasteiger partial charge in [0, 0.05) is 20.0 Å². The number of hydrogen-bond donors (Lipinski definition) is 2. The molecule has 1 atom stereocenters. The molecule has 0 aromatic heterocycles. The number of rotatable bonds is 7. The Balaban J connectivity index is 2.29. The highest BCUT2D eigenvalue weighted by Gasteiger charge is 2.32. The molecule has 20 heavy (non-hydrogen) atoms. The van der Waals surface area contributed by atoms with Gasteiger partial charge >= 0.3 is 5.97 Å². The van der Waals surface area contributed by atoms with Crippen LogP contribution in [0, 0.1) is 0 Å². The van der Waals surface area contributed by atoms with Crippen molar-refractivity contribution in [3.05, 3.63) is 0 Å². The van der Waals surface area contributed by atoms with Crippen molar-refractivity contribution in [1.82, 2.24) is 15.5 Å². The number of likely N-dealkylation sites (tertiary alicyclic amines) is 1. The van der Waals surface area contributed by atoms with Crippen LogP contribution in [0.1, 0.15) is 26.7 Å². The maximum absolute atomic E-state index is 11.8. The Hall–Kier alpha value is -1.63. The normalized spacial score (nSPS) is 18.6. The lowest BCUT2D eigenvalue weighted by Gasteiger charge is -2.22. The zero-order valence-corrected chi connectivity index (χ0v) is 12.1. The molecule has 0 saturated carbocycles. The predicted octanol–water partition coefficient (Wildman–Crippen LogP) is -0.734. The van der Waals surface area contributed by atoms with E-state index in [-0.39, 0.29) is 30.4 Å². The number of amides is 2. The van der Waals surface area contributed by atoms with E-state index >= 15 is 0 Å². The van der Waals surface area contributed by atoms with Gasteiger partial charge in [0.15, 0.2) is 0 Å². The van der Waals surface area contributed by atoms with Crippen LogP contribution in [0.2, 0.25) is 0 Å². The molecule has 7 heteroatoms. The van der Waals surface area contributed by atoms with Crippen molar-refractivity contribution >= 4 is 17.8 Å². The number of carbonyl (C=O) groups excluding carboxylic acids is 3. The number of nitrogens with one attached hydrogen (secondary N) is 2. The average molecular weight is 285 g/mol. The topological polar surface area (TPSA) is 87.7 Å². The maximum atomic E-state index is 11.8. The monoisotopic (exact) mass is 285 g/mol. The lowest BCUT2D eigenvalue weighted by atomic mass is 10.2. The third-order valence-corrected chi connectivity index (χ3v) is 3.09. The van der Waals surface area contributed by atoms with E-state index in [2.05, 4.69) is 10.6 Å². The number of ether oxygens (including phenoxy) is 1. The fourth-order valence-electron chi connectivity index (χ4n) is 2.20. The lowest BCUT2D eigenvalue weighted by Crippen LogP contribution is -2.44. The minimum absolute atomic E-state index is 0.124. The Morgan fingerprint density at radius 1 is 1.25 bits per heavy atom. The van der Waals surface area contributed by atoms with Gasteiger partial charge in [-0.3, -0.25) is 19.3 Å². The molecule has 2 amide bonds. The van der Waals surface area contributed by atoms with Gasteiger partial charge in [-0.05, 0) is 26.3 Å². The highest BCUT2D eigenvalue weighted by atomic mass is 16.5. The second-order valence-electron chi connectivity index (χ2n) is 4.71. The fourth-order valence-corrected chi connectivity index (χ4v) is 2.20. The Kier molecular flexibility index (Phi) is 7.00. The van der Waals surface area contributed by atoms with Crippen LogP contribution in [-0.2, 0) is 19.1 Å². The Labute approximate surface area is 119 Å². The zero-order chi connectivity index (χ0) is 15.0. The molecular formula is C13H23N3O4. The molecule has 1 fully saturated rings. The first-order valence-electron chi connectivity index (χ1n) is 6.96. The van der Waals surface area contributed by atoms with Crippen molar-refractivity contribution in [3.8, 4) is 0 Å². The molecule has 0 aromatic rings. The molecule has 1 aliphatic rings. The van der Waals surface area contributed by atoms with E-state index in [1.165, 1.54) is 6.92 Å². The van der Waals surface area contributed by atoms with Gasteiger partial charge in [-0.15, -0.1) is 0 Å². The average Bonchev–Trinajstić information content (AvgIpc) is 2.83. The molecule has 1 rings (SSSR count). The van der Waals surface area contributed by atoms with Crippen molar-refractivity contribution in [1.29, 1.82) is 0 Å². The predicted molar refractivity (Wildman–Crippen MR) is 72.9 cm³/mol. The smallest absolute Gasteiger partial charge is 0.323 e. The van der Waals surface area contributed by atoms with E-state index in [9.17, 15) is 14.4 Å².